The van der Waals surface area contributed by atoms with E-state index in [1.165, 1.54) is 31.7 Å². The first-order valence-electron chi connectivity index (χ1n) is 8.32. The molecular weight excluding hydrogens is 342 g/mol. The number of nitrogens with zero attached hydrogens (tertiary/aromatic N) is 3. The molecule has 2 aromatic rings. The van der Waals surface area contributed by atoms with E-state index in [-0.39, 0.29) is 5.69 Å². The highest BCUT2D eigenvalue weighted by atomic mass is 35.5. The van der Waals surface area contributed by atoms with Crippen LogP contribution in [0.3, 0.4) is 0 Å². The van der Waals surface area contributed by atoms with Crippen molar-refractivity contribution in [2.24, 2.45) is 0 Å². The lowest BCUT2D eigenvalue weighted by Gasteiger charge is -2.26. The molecule has 0 radical (unpaired) electrons. The van der Waals surface area contributed by atoms with E-state index >= 15 is 0 Å². The Morgan fingerprint density at radius 2 is 2.00 bits per heavy atom. The fourth-order valence-corrected chi connectivity index (χ4v) is 3.11. The van der Waals surface area contributed by atoms with Crippen LogP contribution >= 0.6 is 11.6 Å². The zero-order valence-electron chi connectivity index (χ0n) is 13.8. The van der Waals surface area contributed by atoms with Gasteiger partial charge in [0.25, 0.3) is 0 Å². The summed E-state index contributed by atoms with van der Waals surface area (Å²) in [5, 5.41) is 11.4. The second-order valence-electron chi connectivity index (χ2n) is 5.97. The first-order valence-corrected chi connectivity index (χ1v) is 8.70. The molecule has 1 aromatic carbocycles. The van der Waals surface area contributed by atoms with Gasteiger partial charge in [-0.15, -0.1) is 0 Å². The summed E-state index contributed by atoms with van der Waals surface area (Å²) in [5.41, 5.74) is 0.997. The lowest BCUT2D eigenvalue weighted by atomic mass is 10.1. The van der Waals surface area contributed by atoms with Crippen LogP contribution in [0.2, 0.25) is 5.02 Å². The summed E-state index contributed by atoms with van der Waals surface area (Å²) in [6.45, 7) is 3.73. The molecule has 2 heterocycles. The summed E-state index contributed by atoms with van der Waals surface area (Å²) in [4.78, 5) is 21.0. The van der Waals surface area contributed by atoms with Gasteiger partial charge in [0.1, 0.15) is 18.7 Å². The Morgan fingerprint density at radius 1 is 1.20 bits per heavy atom. The van der Waals surface area contributed by atoms with Gasteiger partial charge in [0.05, 0.1) is 22.4 Å². The molecule has 0 spiro atoms. The number of hydrogen-bond acceptors (Lipinski definition) is 6. The normalized spacial score (nSPS) is 15.1. The van der Waals surface area contributed by atoms with Gasteiger partial charge in [0.2, 0.25) is 0 Å². The summed E-state index contributed by atoms with van der Waals surface area (Å²) in [7, 11) is 0. The molecule has 6 nitrogen and oxygen atoms in total. The van der Waals surface area contributed by atoms with Crippen LogP contribution in [0.15, 0.2) is 30.6 Å². The summed E-state index contributed by atoms with van der Waals surface area (Å²) < 4.78 is 5.78. The number of piperidine rings is 1. The number of hydrogen-bond donors (Lipinski definition) is 0. The van der Waals surface area contributed by atoms with Crippen molar-refractivity contribution in [2.45, 2.75) is 19.3 Å². The highest BCUT2D eigenvalue weighted by molar-refractivity contribution is 6.32. The number of halogens is 1. The van der Waals surface area contributed by atoms with E-state index in [9.17, 15) is 9.90 Å². The largest absolute Gasteiger partial charge is 0.543 e. The molecule has 25 heavy (non-hydrogen) atoms. The molecule has 0 bridgehead atoms. The average molecular weight is 361 g/mol. The molecule has 1 aliphatic heterocycles. The molecule has 0 aliphatic carbocycles. The van der Waals surface area contributed by atoms with E-state index in [4.69, 9.17) is 16.3 Å². The predicted molar refractivity (Wildman–Crippen MR) is 92.6 cm³/mol. The van der Waals surface area contributed by atoms with Gasteiger partial charge in [-0.25, -0.2) is 9.97 Å². The summed E-state index contributed by atoms with van der Waals surface area (Å²) >= 11 is 6.29. The maximum Gasteiger partial charge on any atom is 0.137 e. The third-order valence-corrected chi connectivity index (χ3v) is 4.51. The zero-order chi connectivity index (χ0) is 17.6. The van der Waals surface area contributed by atoms with Crippen molar-refractivity contribution in [3.8, 4) is 17.0 Å². The van der Waals surface area contributed by atoms with Gasteiger partial charge in [-0.1, -0.05) is 18.0 Å². The minimum atomic E-state index is -1.34. The molecule has 1 aromatic heterocycles. The molecule has 3 rings (SSSR count). The Kier molecular flexibility index (Phi) is 5.83. The maximum atomic E-state index is 10.9. The monoisotopic (exact) mass is 360 g/mol. The first-order chi connectivity index (χ1) is 12.1. The third kappa shape index (κ3) is 4.67. The lowest BCUT2D eigenvalue weighted by molar-refractivity contribution is -0.255. The fourth-order valence-electron chi connectivity index (χ4n) is 2.87. The van der Waals surface area contributed by atoms with Crippen molar-refractivity contribution in [3.63, 3.8) is 0 Å². The molecule has 132 valence electrons. The maximum absolute atomic E-state index is 10.9. The van der Waals surface area contributed by atoms with Crippen molar-refractivity contribution in [2.75, 3.05) is 26.2 Å². The van der Waals surface area contributed by atoms with Crippen molar-refractivity contribution in [1.29, 1.82) is 0 Å². The van der Waals surface area contributed by atoms with Crippen LogP contribution in [0, 0.1) is 0 Å². The van der Waals surface area contributed by atoms with Crippen LogP contribution in [0.25, 0.3) is 11.3 Å². The van der Waals surface area contributed by atoms with Gasteiger partial charge in [-0.2, -0.15) is 0 Å². The Morgan fingerprint density at radius 3 is 2.72 bits per heavy atom. The van der Waals surface area contributed by atoms with Crippen molar-refractivity contribution in [3.05, 3.63) is 41.3 Å². The second kappa shape index (κ2) is 8.27. The average Bonchev–Trinajstić information content (AvgIpc) is 2.64. The van der Waals surface area contributed by atoms with Crippen LogP contribution in [0.4, 0.5) is 0 Å². The van der Waals surface area contributed by atoms with Gasteiger partial charge in [-0.3, -0.25) is 4.90 Å². The number of carbonyl (C=O) groups is 1. The van der Waals surface area contributed by atoms with E-state index < -0.39 is 5.97 Å². The van der Waals surface area contributed by atoms with Gasteiger partial charge >= 0.3 is 0 Å². The fraction of sp³-hybridized carbons (Fsp3) is 0.389. The molecular formula is C18H19ClN3O3-. The highest BCUT2D eigenvalue weighted by Crippen LogP contribution is 2.29. The van der Waals surface area contributed by atoms with Crippen LogP contribution in [0.5, 0.6) is 5.75 Å². The molecule has 1 fully saturated rings. The smallest absolute Gasteiger partial charge is 0.137 e. The zero-order valence-corrected chi connectivity index (χ0v) is 14.5. The lowest BCUT2D eigenvalue weighted by Crippen LogP contribution is -2.33. The second-order valence-corrected chi connectivity index (χ2v) is 6.38. The van der Waals surface area contributed by atoms with Crippen molar-refractivity contribution in [1.82, 2.24) is 14.9 Å². The standard InChI is InChI=1S/C18H20ClN3O3/c19-14-10-13(15-11-16(18(23)24)21-12-20-15)4-5-17(14)25-9-8-22-6-2-1-3-7-22/h4-5,10-12H,1-3,6-9H2,(H,23,24)/p-1. The van der Waals surface area contributed by atoms with Crippen molar-refractivity contribution < 1.29 is 14.6 Å². The molecule has 0 N–H and O–H groups in total. The summed E-state index contributed by atoms with van der Waals surface area (Å²) in [5.74, 6) is -0.732. The number of rotatable bonds is 6. The van der Waals surface area contributed by atoms with Crippen LogP contribution in [-0.2, 0) is 0 Å². The minimum absolute atomic E-state index is 0.164. The van der Waals surface area contributed by atoms with Crippen LogP contribution in [-0.4, -0.2) is 47.1 Å². The highest BCUT2D eigenvalue weighted by Gasteiger charge is 2.11. The SMILES string of the molecule is O=C([O-])c1cc(-c2ccc(OCCN3CCCCC3)c(Cl)c2)ncn1. The van der Waals surface area contributed by atoms with E-state index in [1.807, 2.05) is 0 Å². The Hall–Kier alpha value is -2.18. The summed E-state index contributed by atoms with van der Waals surface area (Å²) in [6.07, 6.45) is 5.01. The minimum Gasteiger partial charge on any atom is -0.543 e. The van der Waals surface area contributed by atoms with E-state index in [0.29, 0.717) is 28.6 Å². The Bertz CT molecular complexity index is 748. The van der Waals surface area contributed by atoms with Crippen LogP contribution in [0.1, 0.15) is 29.8 Å². The van der Waals surface area contributed by atoms with Gasteiger partial charge in [0.15, 0.2) is 0 Å². The van der Waals surface area contributed by atoms with E-state index in [1.54, 1.807) is 18.2 Å². The predicted octanol–water partition coefficient (Wildman–Crippen LogP) is 2.03. The molecule has 7 heteroatoms. The molecule has 0 atom stereocenters. The number of ether oxygens (including phenoxy) is 1. The Labute approximate surface area is 151 Å². The molecule has 0 unspecified atom stereocenters. The molecule has 1 saturated heterocycles. The number of benzene rings is 1. The van der Waals surface area contributed by atoms with E-state index in [2.05, 4.69) is 14.9 Å². The van der Waals surface area contributed by atoms with E-state index in [0.717, 1.165) is 19.6 Å². The number of aromatic nitrogens is 2. The van der Waals surface area contributed by atoms with Gasteiger partial charge in [-0.05, 0) is 50.2 Å². The molecule has 0 saturated carbocycles. The third-order valence-electron chi connectivity index (χ3n) is 4.22. The number of aromatic carboxylic acids is 1. The molecule has 1 aliphatic rings. The van der Waals surface area contributed by atoms with Crippen LogP contribution < -0.4 is 9.84 Å². The number of carboxylic acids is 1. The topological polar surface area (TPSA) is 78.4 Å². The number of carboxylic acid groups (broad SMARTS) is 1. The summed E-state index contributed by atoms with van der Waals surface area (Å²) in [6, 6.07) is 6.63. The number of carbonyl (C=O) groups excluding carboxylic acids is 1. The first kappa shape index (κ1) is 17.6. The van der Waals surface area contributed by atoms with Gasteiger partial charge in [0, 0.05) is 12.1 Å². The van der Waals surface area contributed by atoms with Crippen molar-refractivity contribution >= 4 is 17.6 Å². The number of likely N-dealkylation sites (tertiary alicyclic amines) is 1. The molecule has 0 amide bonds. The quantitative estimate of drug-likeness (QED) is 0.784. The van der Waals surface area contributed by atoms with Gasteiger partial charge < -0.3 is 14.6 Å². The Balaban J connectivity index is 1.64.